The third-order valence-corrected chi connectivity index (χ3v) is 6.59. The second kappa shape index (κ2) is 9.37. The van der Waals surface area contributed by atoms with E-state index >= 15 is 0 Å². The number of aliphatic hydroxyl groups is 1. The number of H-pyrrole nitrogens is 1. The van der Waals surface area contributed by atoms with Crippen LogP contribution in [0.1, 0.15) is 27.0 Å². The van der Waals surface area contributed by atoms with E-state index < -0.39 is 36.8 Å². The quantitative estimate of drug-likeness (QED) is 0.451. The van der Waals surface area contributed by atoms with Crippen LogP contribution in [-0.4, -0.2) is 79.0 Å². The van der Waals surface area contributed by atoms with Gasteiger partial charge in [0.1, 0.15) is 18.3 Å². The summed E-state index contributed by atoms with van der Waals surface area (Å²) in [5.74, 6) is -0.0837. The van der Waals surface area contributed by atoms with E-state index in [1.54, 1.807) is 0 Å². The molecule has 2 aromatic heterocycles. The Morgan fingerprint density at radius 3 is 2.67 bits per heavy atom. The smallest absolute Gasteiger partial charge is 0.325 e. The van der Waals surface area contributed by atoms with E-state index in [2.05, 4.69) is 40.6 Å². The minimum Gasteiger partial charge on any atom is -0.386 e. The van der Waals surface area contributed by atoms with Crippen LogP contribution in [0.4, 0.5) is 5.95 Å². The fourth-order valence-electron chi connectivity index (χ4n) is 3.37. The normalized spacial score (nSPS) is 30.9. The van der Waals surface area contributed by atoms with Gasteiger partial charge in [-0.05, 0) is 31.4 Å². The van der Waals surface area contributed by atoms with Crippen molar-refractivity contribution >= 4 is 35.6 Å². The van der Waals surface area contributed by atoms with Crippen LogP contribution >= 0.6 is 6.72 Å². The van der Waals surface area contributed by atoms with E-state index in [1.807, 2.05) is 0 Å². The van der Waals surface area contributed by atoms with Crippen LogP contribution in [0.5, 0.6) is 0 Å². The monoisotopic (exact) mass is 462 g/mol. The zero-order valence-corrected chi connectivity index (χ0v) is 18.7. The molecule has 4 rings (SSSR count). The summed E-state index contributed by atoms with van der Waals surface area (Å²) in [6.07, 6.45) is -2.23. The first kappa shape index (κ1) is 23.2. The van der Waals surface area contributed by atoms with Crippen LogP contribution in [-0.2, 0) is 25.6 Å². The van der Waals surface area contributed by atoms with Gasteiger partial charge in [0.2, 0.25) is 5.95 Å². The second-order valence-electron chi connectivity index (χ2n) is 6.78. The molecule has 2 saturated heterocycles. The lowest BCUT2D eigenvalue weighted by Gasteiger charge is -2.30. The van der Waals surface area contributed by atoms with E-state index in [9.17, 15) is 14.8 Å². The average molecular weight is 462 g/mol. The molecule has 2 aromatic rings. The second-order valence-corrected chi connectivity index (χ2v) is 9.58. The molecule has 1 unspecified atom stereocenters. The van der Waals surface area contributed by atoms with Gasteiger partial charge in [-0.15, -0.1) is 0 Å². The first-order valence-electron chi connectivity index (χ1n) is 9.64. The lowest BCUT2D eigenvalue weighted by Crippen LogP contribution is -2.39. The number of hydrogen-bond acceptors (Lipinski definition) is 10. The molecule has 0 amide bonds. The number of aromatic nitrogens is 4. The summed E-state index contributed by atoms with van der Waals surface area (Å²) in [6, 6.07) is 0. The van der Waals surface area contributed by atoms with Crippen LogP contribution in [0.3, 0.4) is 0 Å². The van der Waals surface area contributed by atoms with E-state index in [1.165, 1.54) is 30.5 Å². The predicted octanol–water partition coefficient (Wildman–Crippen LogP) is -0.0596. The van der Waals surface area contributed by atoms with E-state index in [0.717, 1.165) is 0 Å². The zero-order valence-electron chi connectivity index (χ0n) is 17.0. The third-order valence-electron chi connectivity index (χ3n) is 5.03. The van der Waals surface area contributed by atoms with Crippen molar-refractivity contribution in [1.29, 1.82) is 0 Å². The van der Waals surface area contributed by atoms with E-state index in [-0.39, 0.29) is 23.7 Å². The van der Waals surface area contributed by atoms with Gasteiger partial charge in [-0.2, -0.15) is 4.98 Å². The highest BCUT2D eigenvalue weighted by Gasteiger charge is 2.51. The van der Waals surface area contributed by atoms with E-state index in [0.29, 0.717) is 0 Å². The Balaban J connectivity index is 0.000000318. The number of nitrogens with zero attached hydrogens (tertiary/aromatic N) is 4. The molecule has 168 valence electrons. The van der Waals surface area contributed by atoms with Crippen molar-refractivity contribution in [2.75, 3.05) is 32.0 Å². The Labute approximate surface area is 178 Å². The number of nitrogens with two attached hydrogens (primary N) is 1. The van der Waals surface area contributed by atoms with Gasteiger partial charge >= 0.3 is 6.72 Å². The minimum absolute atomic E-state index is 0.00517. The van der Waals surface area contributed by atoms with E-state index in [4.69, 9.17) is 31.3 Å². The number of ether oxygens (including phenoxy) is 1. The third kappa shape index (κ3) is 4.73. The number of aromatic amines is 1. The maximum atomic E-state index is 11.8. The zero-order chi connectivity index (χ0) is 22.1. The van der Waals surface area contributed by atoms with Gasteiger partial charge in [0, 0.05) is 0 Å². The van der Waals surface area contributed by atoms with Gasteiger partial charge in [0.25, 0.3) is 5.56 Å². The van der Waals surface area contributed by atoms with Gasteiger partial charge in [-0.25, -0.2) is 4.98 Å². The SMILES string of the molecule is CCN(CC)CC.Nc1nc2c(ncn2[C@@H]2O[C@@H]3COP(O)(=S)O[C@H]3[C@H]2O)c(=O)[nH]1. The topological polar surface area (TPSA) is 161 Å². The molecule has 2 aliphatic heterocycles. The molecule has 14 heteroatoms. The maximum absolute atomic E-state index is 11.8. The molecule has 2 fully saturated rings. The molecule has 0 aliphatic carbocycles. The van der Waals surface area contributed by atoms with Crippen LogP contribution < -0.4 is 11.3 Å². The number of rotatable bonds is 4. The summed E-state index contributed by atoms with van der Waals surface area (Å²) in [5.41, 5.74) is 5.27. The first-order chi connectivity index (χ1) is 14.2. The fraction of sp³-hybridized carbons (Fsp3) is 0.688. The summed E-state index contributed by atoms with van der Waals surface area (Å²) in [6.45, 7) is 6.74. The average Bonchev–Trinajstić information content (AvgIpc) is 3.24. The van der Waals surface area contributed by atoms with Crippen molar-refractivity contribution in [2.24, 2.45) is 0 Å². The van der Waals surface area contributed by atoms with Crippen molar-refractivity contribution in [1.82, 2.24) is 24.4 Å². The highest BCUT2D eigenvalue weighted by Crippen LogP contribution is 2.52. The van der Waals surface area contributed by atoms with Crippen molar-refractivity contribution in [3.05, 3.63) is 16.7 Å². The largest absolute Gasteiger partial charge is 0.386 e. The molecule has 4 heterocycles. The summed E-state index contributed by atoms with van der Waals surface area (Å²) in [7, 11) is 0. The summed E-state index contributed by atoms with van der Waals surface area (Å²) in [4.78, 5) is 34.2. The molecule has 0 spiro atoms. The molecule has 0 radical (unpaired) electrons. The Hall–Kier alpha value is -1.44. The van der Waals surface area contributed by atoms with Gasteiger partial charge < -0.3 is 29.9 Å². The molecule has 0 bridgehead atoms. The highest BCUT2D eigenvalue weighted by molar-refractivity contribution is 8.07. The van der Waals surface area contributed by atoms with Crippen molar-refractivity contribution < 1.29 is 23.8 Å². The number of hydrogen-bond donors (Lipinski definition) is 4. The van der Waals surface area contributed by atoms with Gasteiger partial charge in [-0.3, -0.25) is 18.9 Å². The van der Waals surface area contributed by atoms with Crippen LogP contribution in [0.15, 0.2) is 11.1 Å². The Bertz CT molecular complexity index is 975. The van der Waals surface area contributed by atoms with Crippen LogP contribution in [0.25, 0.3) is 11.2 Å². The molecule has 0 saturated carbocycles. The Kier molecular flexibility index (Phi) is 7.25. The van der Waals surface area contributed by atoms with Crippen molar-refractivity contribution in [3.8, 4) is 0 Å². The molecule has 5 N–H and O–H groups in total. The standard InChI is InChI=1S/C10H12N5O6PS.C6H15N/c11-10-13-7-4(8(17)14-10)12-2-15(7)9-5(16)6-3(20-9)1-19-22(18,23)21-6;1-4-7(5-2)6-3/h2-3,5-6,9,16H,1H2,(H,18,23)(H3,11,13,14,17);4-6H2,1-3H3/t3-,5-,6-,9-,22?;/m1./s1. The van der Waals surface area contributed by atoms with Crippen molar-refractivity contribution in [3.63, 3.8) is 0 Å². The molecule has 5 atom stereocenters. The summed E-state index contributed by atoms with van der Waals surface area (Å²) >= 11 is 4.78. The summed E-state index contributed by atoms with van der Waals surface area (Å²) < 4.78 is 17.3. The number of fused-ring (bicyclic) bond motifs is 2. The number of aliphatic hydroxyl groups excluding tert-OH is 1. The number of nitrogen functional groups attached to an aromatic ring is 1. The van der Waals surface area contributed by atoms with Crippen LogP contribution in [0, 0.1) is 0 Å². The highest BCUT2D eigenvalue weighted by atomic mass is 32.5. The lowest BCUT2D eigenvalue weighted by molar-refractivity contribution is -0.0593. The van der Waals surface area contributed by atoms with Gasteiger partial charge in [0.15, 0.2) is 17.4 Å². The first-order valence-corrected chi connectivity index (χ1v) is 12.2. The molecular weight excluding hydrogens is 435 g/mol. The molecule has 30 heavy (non-hydrogen) atoms. The van der Waals surface area contributed by atoms with Crippen LogP contribution in [0.2, 0.25) is 0 Å². The van der Waals surface area contributed by atoms with Gasteiger partial charge in [-0.1, -0.05) is 20.8 Å². The summed E-state index contributed by atoms with van der Waals surface area (Å²) in [5, 5.41) is 10.4. The molecule has 2 aliphatic rings. The lowest BCUT2D eigenvalue weighted by atomic mass is 10.1. The molecule has 12 nitrogen and oxygen atoms in total. The van der Waals surface area contributed by atoms with Crippen molar-refractivity contribution in [2.45, 2.75) is 45.3 Å². The maximum Gasteiger partial charge on any atom is 0.325 e. The Morgan fingerprint density at radius 2 is 2.07 bits per heavy atom. The fourth-order valence-corrected chi connectivity index (χ4v) is 4.81. The number of imidazole rings is 1. The Morgan fingerprint density at radius 1 is 1.40 bits per heavy atom. The molecular formula is C16H27N6O6PS. The number of anilines is 1. The number of nitrogens with one attached hydrogen (secondary N) is 1. The van der Waals surface area contributed by atoms with Gasteiger partial charge in [0.05, 0.1) is 12.9 Å². The predicted molar refractivity (Wildman–Crippen MR) is 113 cm³/mol. The minimum atomic E-state index is -3.38. The molecule has 0 aromatic carbocycles.